The van der Waals surface area contributed by atoms with E-state index in [0.29, 0.717) is 37.9 Å². The largest absolute Gasteiger partial charge is 0.474 e. The van der Waals surface area contributed by atoms with Gasteiger partial charge < -0.3 is 14.4 Å². The summed E-state index contributed by atoms with van der Waals surface area (Å²) in [6.45, 7) is 4.00. The van der Waals surface area contributed by atoms with Crippen LogP contribution in [-0.2, 0) is 9.53 Å². The van der Waals surface area contributed by atoms with E-state index in [1.807, 2.05) is 6.92 Å². The maximum Gasteiger partial charge on any atom is 0.410 e. The number of ether oxygens (including phenoxy) is 2. The summed E-state index contributed by atoms with van der Waals surface area (Å²) >= 11 is 0. The Bertz CT molecular complexity index is 587. The molecule has 2 fully saturated rings. The van der Waals surface area contributed by atoms with Gasteiger partial charge in [-0.25, -0.2) is 9.78 Å². The molecule has 3 rings (SSSR count). The third-order valence-corrected chi connectivity index (χ3v) is 4.00. The van der Waals surface area contributed by atoms with Crippen molar-refractivity contribution in [3.8, 4) is 5.88 Å². The molecule has 2 saturated heterocycles. The van der Waals surface area contributed by atoms with Gasteiger partial charge in [0, 0.05) is 38.2 Å². The number of hydrogen-bond donors (Lipinski definition) is 0. The second-order valence-electron chi connectivity index (χ2n) is 5.68. The summed E-state index contributed by atoms with van der Waals surface area (Å²) in [6, 6.07) is 1.74. The lowest BCUT2D eigenvalue weighted by atomic mass is 10.1. The smallest absolute Gasteiger partial charge is 0.410 e. The fraction of sp³-hybridized carbons (Fsp3) is 0.600. The second kappa shape index (κ2) is 6.80. The Kier molecular flexibility index (Phi) is 4.59. The average molecular weight is 320 g/mol. The van der Waals surface area contributed by atoms with Gasteiger partial charge in [-0.15, -0.1) is 0 Å². The normalized spacial score (nSPS) is 18.9. The van der Waals surface area contributed by atoms with Crippen molar-refractivity contribution in [3.63, 3.8) is 0 Å². The average Bonchev–Trinajstić information content (AvgIpc) is 2.93. The molecular formula is C15H20N4O4. The highest BCUT2D eigenvalue weighted by atomic mass is 16.6. The third-order valence-electron chi connectivity index (χ3n) is 4.00. The second-order valence-corrected chi connectivity index (χ2v) is 5.68. The molecule has 0 bridgehead atoms. The van der Waals surface area contributed by atoms with E-state index in [4.69, 9.17) is 9.47 Å². The van der Waals surface area contributed by atoms with Gasteiger partial charge in [0.15, 0.2) is 0 Å². The Morgan fingerprint density at radius 3 is 2.83 bits per heavy atom. The summed E-state index contributed by atoms with van der Waals surface area (Å²) in [7, 11) is 0. The third kappa shape index (κ3) is 3.88. The number of likely N-dealkylation sites (tertiary alicyclic amines) is 1. The van der Waals surface area contributed by atoms with E-state index >= 15 is 0 Å². The van der Waals surface area contributed by atoms with Gasteiger partial charge in [0.1, 0.15) is 25.1 Å². The first kappa shape index (κ1) is 15.5. The number of hydrogen-bond acceptors (Lipinski definition) is 6. The molecule has 0 aliphatic carbocycles. The summed E-state index contributed by atoms with van der Waals surface area (Å²) in [6.07, 6.45) is 2.81. The molecule has 0 unspecified atom stereocenters. The van der Waals surface area contributed by atoms with Crippen LogP contribution in [0.5, 0.6) is 5.88 Å². The highest BCUT2D eigenvalue weighted by Gasteiger charge is 2.29. The summed E-state index contributed by atoms with van der Waals surface area (Å²) in [5, 5.41) is 0. The fourth-order valence-corrected chi connectivity index (χ4v) is 2.73. The van der Waals surface area contributed by atoms with E-state index in [1.165, 1.54) is 4.90 Å². The summed E-state index contributed by atoms with van der Waals surface area (Å²) in [5.41, 5.74) is 0. The number of carbonyl (C=O) groups is 2. The zero-order valence-corrected chi connectivity index (χ0v) is 13.1. The molecular weight excluding hydrogens is 300 g/mol. The SMILES string of the molecule is Cc1nccc(OC2CCN(C(=O)CN3CCOC3=O)CC2)n1. The lowest BCUT2D eigenvalue weighted by molar-refractivity contribution is -0.133. The number of aryl methyl sites for hydroxylation is 1. The topological polar surface area (TPSA) is 84.9 Å². The number of nitrogens with zero attached hydrogens (tertiary/aromatic N) is 4. The molecule has 23 heavy (non-hydrogen) atoms. The van der Waals surface area contributed by atoms with Gasteiger partial charge >= 0.3 is 6.09 Å². The number of amides is 2. The predicted octanol–water partition coefficient (Wildman–Crippen LogP) is 0.607. The minimum atomic E-state index is -0.407. The molecule has 0 spiro atoms. The van der Waals surface area contributed by atoms with Crippen molar-refractivity contribution in [2.24, 2.45) is 0 Å². The molecule has 0 atom stereocenters. The zero-order valence-electron chi connectivity index (χ0n) is 13.1. The molecule has 8 heteroatoms. The van der Waals surface area contributed by atoms with Crippen LogP contribution in [0.15, 0.2) is 12.3 Å². The summed E-state index contributed by atoms with van der Waals surface area (Å²) < 4.78 is 10.7. The zero-order chi connectivity index (χ0) is 16.2. The quantitative estimate of drug-likeness (QED) is 0.808. The van der Waals surface area contributed by atoms with E-state index in [2.05, 4.69) is 9.97 Å². The molecule has 0 radical (unpaired) electrons. The van der Waals surface area contributed by atoms with E-state index in [-0.39, 0.29) is 18.6 Å². The maximum atomic E-state index is 12.2. The van der Waals surface area contributed by atoms with E-state index in [1.54, 1.807) is 17.2 Å². The Hall–Kier alpha value is -2.38. The molecule has 0 aromatic carbocycles. The fourth-order valence-electron chi connectivity index (χ4n) is 2.73. The van der Waals surface area contributed by atoms with Crippen LogP contribution in [0.3, 0.4) is 0 Å². The van der Waals surface area contributed by atoms with Crippen molar-refractivity contribution < 1.29 is 19.1 Å². The first-order valence-corrected chi connectivity index (χ1v) is 7.77. The maximum absolute atomic E-state index is 12.2. The van der Waals surface area contributed by atoms with Gasteiger partial charge in [-0.05, 0) is 6.92 Å². The standard InChI is InChI=1S/C15H20N4O4/c1-11-16-5-2-13(17-11)23-12-3-6-18(7-4-12)14(20)10-19-8-9-22-15(19)21/h2,5,12H,3-4,6-10H2,1H3. The number of aromatic nitrogens is 2. The Labute approximate surface area is 134 Å². The molecule has 0 saturated carbocycles. The van der Waals surface area contributed by atoms with E-state index < -0.39 is 6.09 Å². The van der Waals surface area contributed by atoms with Crippen molar-refractivity contribution >= 4 is 12.0 Å². The first-order chi connectivity index (χ1) is 11.1. The van der Waals surface area contributed by atoms with Crippen LogP contribution in [0.1, 0.15) is 18.7 Å². The van der Waals surface area contributed by atoms with Crippen LogP contribution >= 0.6 is 0 Å². The lowest BCUT2D eigenvalue weighted by Gasteiger charge is -2.32. The van der Waals surface area contributed by atoms with Crippen molar-refractivity contribution in [1.29, 1.82) is 0 Å². The Morgan fingerprint density at radius 1 is 1.39 bits per heavy atom. The molecule has 1 aromatic heterocycles. The summed E-state index contributed by atoms with van der Waals surface area (Å²) in [5.74, 6) is 1.20. The van der Waals surface area contributed by atoms with Crippen LogP contribution in [0.4, 0.5) is 4.79 Å². The van der Waals surface area contributed by atoms with Crippen LogP contribution < -0.4 is 4.74 Å². The molecule has 2 amide bonds. The molecule has 0 N–H and O–H groups in total. The molecule has 124 valence electrons. The monoisotopic (exact) mass is 320 g/mol. The molecule has 8 nitrogen and oxygen atoms in total. The van der Waals surface area contributed by atoms with Crippen LogP contribution in [0, 0.1) is 6.92 Å². The number of cyclic esters (lactones) is 1. The number of carbonyl (C=O) groups excluding carboxylic acids is 2. The van der Waals surface area contributed by atoms with Gasteiger partial charge in [0.05, 0.1) is 6.54 Å². The van der Waals surface area contributed by atoms with E-state index in [9.17, 15) is 9.59 Å². The molecule has 2 aliphatic rings. The van der Waals surface area contributed by atoms with Gasteiger partial charge in [0.25, 0.3) is 0 Å². The highest BCUT2D eigenvalue weighted by molar-refractivity contribution is 5.83. The van der Waals surface area contributed by atoms with Gasteiger partial charge in [-0.2, -0.15) is 4.98 Å². The lowest BCUT2D eigenvalue weighted by Crippen LogP contribution is -2.46. The van der Waals surface area contributed by atoms with Crippen molar-refractivity contribution in [1.82, 2.24) is 19.8 Å². The van der Waals surface area contributed by atoms with Crippen molar-refractivity contribution in [2.75, 3.05) is 32.8 Å². The molecule has 1 aromatic rings. The van der Waals surface area contributed by atoms with Crippen LogP contribution in [0.25, 0.3) is 0 Å². The predicted molar refractivity (Wildman–Crippen MR) is 79.9 cm³/mol. The Morgan fingerprint density at radius 2 is 2.17 bits per heavy atom. The number of piperidine rings is 1. The van der Waals surface area contributed by atoms with Crippen LogP contribution in [0.2, 0.25) is 0 Å². The van der Waals surface area contributed by atoms with E-state index in [0.717, 1.165) is 12.8 Å². The minimum Gasteiger partial charge on any atom is -0.474 e. The minimum absolute atomic E-state index is 0.0415. The van der Waals surface area contributed by atoms with Crippen LogP contribution in [-0.4, -0.2) is 70.7 Å². The van der Waals surface area contributed by atoms with Gasteiger partial charge in [-0.1, -0.05) is 0 Å². The Balaban J connectivity index is 1.46. The number of rotatable bonds is 4. The van der Waals surface area contributed by atoms with Gasteiger partial charge in [-0.3, -0.25) is 9.69 Å². The first-order valence-electron chi connectivity index (χ1n) is 7.77. The summed E-state index contributed by atoms with van der Waals surface area (Å²) in [4.78, 5) is 35.1. The molecule has 3 heterocycles. The van der Waals surface area contributed by atoms with Crippen molar-refractivity contribution in [3.05, 3.63) is 18.1 Å². The van der Waals surface area contributed by atoms with Crippen molar-refractivity contribution in [2.45, 2.75) is 25.9 Å². The highest BCUT2D eigenvalue weighted by Crippen LogP contribution is 2.17. The molecule has 2 aliphatic heterocycles. The van der Waals surface area contributed by atoms with Gasteiger partial charge in [0.2, 0.25) is 11.8 Å².